The SMILES string of the molecule is O=C1C(Cl)=C(c2ccc(Cl)cc2)C(=O)N1Cc1cncnc1. The van der Waals surface area contributed by atoms with E-state index in [4.69, 9.17) is 23.2 Å². The fourth-order valence-electron chi connectivity index (χ4n) is 2.15. The summed E-state index contributed by atoms with van der Waals surface area (Å²) in [5, 5.41) is 0.444. The molecule has 2 aromatic rings. The van der Waals surface area contributed by atoms with Crippen molar-refractivity contribution in [3.8, 4) is 0 Å². The van der Waals surface area contributed by atoms with Crippen molar-refractivity contribution in [1.82, 2.24) is 14.9 Å². The molecule has 0 radical (unpaired) electrons. The second-order valence-electron chi connectivity index (χ2n) is 4.64. The fourth-order valence-corrected chi connectivity index (χ4v) is 2.57. The van der Waals surface area contributed by atoms with Crippen LogP contribution in [0.3, 0.4) is 0 Å². The smallest absolute Gasteiger partial charge is 0.269 e. The van der Waals surface area contributed by atoms with E-state index in [1.54, 1.807) is 36.7 Å². The molecule has 7 heteroatoms. The summed E-state index contributed by atoms with van der Waals surface area (Å²) in [6.07, 6.45) is 4.46. The lowest BCUT2D eigenvalue weighted by molar-refractivity contribution is -0.137. The van der Waals surface area contributed by atoms with Crippen molar-refractivity contribution < 1.29 is 9.59 Å². The molecule has 110 valence electrons. The number of hydrogen-bond donors (Lipinski definition) is 0. The molecular formula is C15H9Cl2N3O2. The number of imide groups is 1. The van der Waals surface area contributed by atoms with Gasteiger partial charge in [-0.3, -0.25) is 14.5 Å². The molecule has 0 fully saturated rings. The van der Waals surface area contributed by atoms with Crippen molar-refractivity contribution >= 4 is 40.6 Å². The predicted octanol–water partition coefficient (Wildman–Crippen LogP) is 2.65. The molecule has 1 aromatic carbocycles. The topological polar surface area (TPSA) is 63.2 Å². The fraction of sp³-hybridized carbons (Fsp3) is 0.0667. The van der Waals surface area contributed by atoms with Crippen LogP contribution in [0.15, 0.2) is 48.0 Å². The first-order chi connectivity index (χ1) is 10.6. The Hall–Kier alpha value is -2.24. The van der Waals surface area contributed by atoms with Crippen LogP contribution in [0.2, 0.25) is 5.02 Å². The van der Waals surface area contributed by atoms with Crippen molar-refractivity contribution in [3.05, 3.63) is 64.2 Å². The molecule has 0 unspecified atom stereocenters. The normalized spacial score (nSPS) is 14.9. The monoisotopic (exact) mass is 333 g/mol. The zero-order valence-electron chi connectivity index (χ0n) is 11.2. The van der Waals surface area contributed by atoms with Crippen LogP contribution < -0.4 is 0 Å². The molecule has 2 heterocycles. The number of carbonyl (C=O) groups excluding carboxylic acids is 2. The van der Waals surface area contributed by atoms with Crippen LogP contribution in [-0.2, 0) is 16.1 Å². The van der Waals surface area contributed by atoms with E-state index in [1.165, 1.54) is 6.33 Å². The number of benzene rings is 1. The third kappa shape index (κ3) is 2.61. The van der Waals surface area contributed by atoms with E-state index in [-0.39, 0.29) is 17.2 Å². The number of nitrogens with zero attached hydrogens (tertiary/aromatic N) is 3. The largest absolute Gasteiger partial charge is 0.273 e. The summed E-state index contributed by atoms with van der Waals surface area (Å²) in [7, 11) is 0. The van der Waals surface area contributed by atoms with Gasteiger partial charge in [0, 0.05) is 23.0 Å². The highest BCUT2D eigenvalue weighted by Gasteiger charge is 2.38. The second-order valence-corrected chi connectivity index (χ2v) is 5.45. The van der Waals surface area contributed by atoms with Crippen LogP contribution in [0, 0.1) is 0 Å². The summed E-state index contributed by atoms with van der Waals surface area (Å²) < 4.78 is 0. The highest BCUT2D eigenvalue weighted by atomic mass is 35.5. The van der Waals surface area contributed by atoms with Gasteiger partial charge in [-0.1, -0.05) is 35.3 Å². The minimum Gasteiger partial charge on any atom is -0.269 e. The number of halogens is 2. The van der Waals surface area contributed by atoms with Crippen molar-refractivity contribution in [1.29, 1.82) is 0 Å². The summed E-state index contributed by atoms with van der Waals surface area (Å²) >= 11 is 11.9. The van der Waals surface area contributed by atoms with Gasteiger partial charge in [0.2, 0.25) is 0 Å². The zero-order chi connectivity index (χ0) is 15.7. The van der Waals surface area contributed by atoms with E-state index in [2.05, 4.69) is 9.97 Å². The Kier molecular flexibility index (Phi) is 3.92. The maximum Gasteiger partial charge on any atom is 0.273 e. The molecule has 0 spiro atoms. The van der Waals surface area contributed by atoms with E-state index in [0.717, 1.165) is 4.90 Å². The number of amides is 2. The lowest BCUT2D eigenvalue weighted by atomic mass is 10.1. The Balaban J connectivity index is 1.92. The number of carbonyl (C=O) groups is 2. The van der Waals surface area contributed by atoms with Crippen LogP contribution in [0.25, 0.3) is 5.57 Å². The highest BCUT2D eigenvalue weighted by Crippen LogP contribution is 2.32. The van der Waals surface area contributed by atoms with E-state index < -0.39 is 11.8 Å². The van der Waals surface area contributed by atoms with Crippen LogP contribution in [0.4, 0.5) is 0 Å². The molecule has 1 aliphatic heterocycles. The van der Waals surface area contributed by atoms with Gasteiger partial charge < -0.3 is 0 Å². The first kappa shape index (κ1) is 14.7. The molecule has 1 aliphatic rings. The molecule has 22 heavy (non-hydrogen) atoms. The van der Waals surface area contributed by atoms with Gasteiger partial charge in [0.15, 0.2) is 0 Å². The van der Waals surface area contributed by atoms with Gasteiger partial charge in [-0.25, -0.2) is 9.97 Å². The Morgan fingerprint density at radius 2 is 1.59 bits per heavy atom. The number of rotatable bonds is 3. The lowest BCUT2D eigenvalue weighted by Gasteiger charge is -2.14. The predicted molar refractivity (Wildman–Crippen MR) is 81.8 cm³/mol. The molecule has 3 rings (SSSR count). The summed E-state index contributed by atoms with van der Waals surface area (Å²) in [5.41, 5.74) is 1.38. The molecule has 0 N–H and O–H groups in total. The number of aromatic nitrogens is 2. The molecule has 0 aliphatic carbocycles. The van der Waals surface area contributed by atoms with Crippen LogP contribution in [0.1, 0.15) is 11.1 Å². The third-order valence-corrected chi connectivity index (χ3v) is 3.80. The average molecular weight is 334 g/mol. The standard InChI is InChI=1S/C15H9Cl2N3O2/c16-11-3-1-10(2-4-11)12-13(17)15(22)20(14(12)21)7-9-5-18-8-19-6-9/h1-6,8H,7H2. The first-order valence-corrected chi connectivity index (χ1v) is 7.09. The Morgan fingerprint density at radius 3 is 2.23 bits per heavy atom. The summed E-state index contributed by atoms with van der Waals surface area (Å²) in [6.45, 7) is 0.0752. The molecule has 0 saturated carbocycles. The van der Waals surface area contributed by atoms with Gasteiger partial charge in [0.1, 0.15) is 11.4 Å². The van der Waals surface area contributed by atoms with Gasteiger partial charge >= 0.3 is 0 Å². The minimum atomic E-state index is -0.527. The van der Waals surface area contributed by atoms with Crippen molar-refractivity contribution in [2.24, 2.45) is 0 Å². The van der Waals surface area contributed by atoms with E-state index in [1.807, 2.05) is 0 Å². The maximum absolute atomic E-state index is 12.5. The summed E-state index contributed by atoms with van der Waals surface area (Å²) in [6, 6.07) is 6.58. The molecule has 0 bridgehead atoms. The Labute approximate surface area is 136 Å². The molecular weight excluding hydrogens is 325 g/mol. The van der Waals surface area contributed by atoms with Gasteiger partial charge in [0.25, 0.3) is 11.8 Å². The summed E-state index contributed by atoms with van der Waals surface area (Å²) in [4.78, 5) is 33.5. The minimum absolute atomic E-state index is 0.0752. The van der Waals surface area contributed by atoms with E-state index in [0.29, 0.717) is 16.1 Å². The molecule has 2 amide bonds. The molecule has 5 nitrogen and oxygen atoms in total. The van der Waals surface area contributed by atoms with Gasteiger partial charge in [-0.2, -0.15) is 0 Å². The van der Waals surface area contributed by atoms with E-state index in [9.17, 15) is 9.59 Å². The molecule has 1 aromatic heterocycles. The average Bonchev–Trinajstić information content (AvgIpc) is 2.73. The lowest BCUT2D eigenvalue weighted by Crippen LogP contribution is -2.30. The maximum atomic E-state index is 12.5. The van der Waals surface area contributed by atoms with Crippen LogP contribution in [-0.4, -0.2) is 26.7 Å². The first-order valence-electron chi connectivity index (χ1n) is 6.33. The molecule has 0 atom stereocenters. The van der Waals surface area contributed by atoms with Gasteiger partial charge in [-0.15, -0.1) is 0 Å². The van der Waals surface area contributed by atoms with Gasteiger partial charge in [-0.05, 0) is 17.7 Å². The second kappa shape index (κ2) is 5.87. The van der Waals surface area contributed by atoms with Crippen molar-refractivity contribution in [2.75, 3.05) is 0 Å². The highest BCUT2D eigenvalue weighted by molar-refractivity contribution is 6.55. The molecule has 0 saturated heterocycles. The zero-order valence-corrected chi connectivity index (χ0v) is 12.7. The number of hydrogen-bond acceptors (Lipinski definition) is 4. The third-order valence-electron chi connectivity index (χ3n) is 3.20. The summed E-state index contributed by atoms with van der Waals surface area (Å²) in [5.74, 6) is -0.971. The Bertz CT molecular complexity index is 773. The van der Waals surface area contributed by atoms with Gasteiger partial charge in [0.05, 0.1) is 12.1 Å². The van der Waals surface area contributed by atoms with Crippen LogP contribution >= 0.6 is 23.2 Å². The van der Waals surface area contributed by atoms with Crippen molar-refractivity contribution in [2.45, 2.75) is 6.54 Å². The van der Waals surface area contributed by atoms with E-state index >= 15 is 0 Å². The van der Waals surface area contributed by atoms with Crippen LogP contribution in [0.5, 0.6) is 0 Å². The quantitative estimate of drug-likeness (QED) is 0.810. The Morgan fingerprint density at radius 1 is 0.955 bits per heavy atom. The van der Waals surface area contributed by atoms with Crippen molar-refractivity contribution in [3.63, 3.8) is 0 Å².